The molecule has 5 rings (SSSR count). The third-order valence-corrected chi connectivity index (χ3v) is 7.95. The zero-order valence-corrected chi connectivity index (χ0v) is 21.3. The highest BCUT2D eigenvalue weighted by Gasteiger charge is 2.40. The van der Waals surface area contributed by atoms with Crippen molar-refractivity contribution < 1.29 is 22.7 Å². The summed E-state index contributed by atoms with van der Waals surface area (Å²) in [6, 6.07) is 23.7. The smallest absolute Gasteiger partial charge is 0.410 e. The monoisotopic (exact) mass is 505 g/mol. The minimum atomic E-state index is -3.05. The summed E-state index contributed by atoms with van der Waals surface area (Å²) in [5.41, 5.74) is 4.87. The molecule has 2 aliphatic rings. The number of likely N-dealkylation sites (tertiary alicyclic amines) is 1. The maximum Gasteiger partial charge on any atom is 0.410 e. The van der Waals surface area contributed by atoms with Crippen LogP contribution in [0.3, 0.4) is 0 Å². The molecule has 3 aromatic rings. The average Bonchev–Trinajstić information content (AvgIpc) is 2.88. The van der Waals surface area contributed by atoms with Gasteiger partial charge in [-0.1, -0.05) is 60.7 Å². The van der Waals surface area contributed by atoms with E-state index in [0.29, 0.717) is 13.1 Å². The Morgan fingerprint density at radius 2 is 1.61 bits per heavy atom. The zero-order chi connectivity index (χ0) is 25.2. The number of aryl methyl sites for hydroxylation is 1. The van der Waals surface area contributed by atoms with Crippen molar-refractivity contribution in [2.24, 2.45) is 0 Å². The molecule has 0 aliphatic carbocycles. The molecule has 1 amide bonds. The van der Waals surface area contributed by atoms with Crippen LogP contribution in [0.5, 0.6) is 5.75 Å². The maximum absolute atomic E-state index is 12.5. The van der Waals surface area contributed by atoms with Crippen molar-refractivity contribution in [3.63, 3.8) is 0 Å². The summed E-state index contributed by atoms with van der Waals surface area (Å²) < 4.78 is 35.1. The number of nitrogens with zero attached hydrogens (tertiary/aromatic N) is 1. The Hall–Kier alpha value is -3.32. The Labute approximate surface area is 212 Å². The SMILES string of the molecule is CS(=O)(=O)Cc1ccc(-c2ccc3c(c2)CCC2(CCN(C(=O)OCc4ccccc4)CC2)O3)cc1. The molecule has 0 atom stereocenters. The normalized spacial score (nSPS) is 16.8. The molecule has 0 bridgehead atoms. The van der Waals surface area contributed by atoms with Crippen LogP contribution in [0.2, 0.25) is 0 Å². The quantitative estimate of drug-likeness (QED) is 0.465. The molecule has 0 radical (unpaired) electrons. The van der Waals surface area contributed by atoms with Crippen LogP contribution in [0.15, 0.2) is 72.8 Å². The molecule has 0 aromatic heterocycles. The van der Waals surface area contributed by atoms with Gasteiger partial charge in [-0.2, -0.15) is 0 Å². The van der Waals surface area contributed by atoms with Crippen molar-refractivity contribution in [3.05, 3.63) is 89.5 Å². The van der Waals surface area contributed by atoms with Gasteiger partial charge in [0.1, 0.15) is 18.0 Å². The van der Waals surface area contributed by atoms with Gasteiger partial charge in [0.05, 0.1) is 5.75 Å². The summed E-state index contributed by atoms with van der Waals surface area (Å²) in [6.07, 6.45) is 4.40. The summed E-state index contributed by atoms with van der Waals surface area (Å²) in [5, 5.41) is 0. The predicted octanol–water partition coefficient (Wildman–Crippen LogP) is 5.39. The van der Waals surface area contributed by atoms with Gasteiger partial charge in [-0.25, -0.2) is 13.2 Å². The van der Waals surface area contributed by atoms with Gasteiger partial charge >= 0.3 is 6.09 Å². The molecule has 7 heteroatoms. The Bertz CT molecular complexity index is 1330. The van der Waals surface area contributed by atoms with Crippen molar-refractivity contribution in [1.29, 1.82) is 0 Å². The van der Waals surface area contributed by atoms with Gasteiger partial charge in [0, 0.05) is 32.2 Å². The third kappa shape index (κ3) is 5.73. The second-order valence-corrected chi connectivity index (χ2v) is 12.0. The largest absolute Gasteiger partial charge is 0.487 e. The molecule has 0 saturated carbocycles. The first-order valence-electron chi connectivity index (χ1n) is 12.3. The van der Waals surface area contributed by atoms with E-state index in [1.807, 2.05) is 60.7 Å². The van der Waals surface area contributed by atoms with Gasteiger partial charge in [0.25, 0.3) is 0 Å². The van der Waals surface area contributed by atoms with Gasteiger partial charge in [-0.3, -0.25) is 0 Å². The topological polar surface area (TPSA) is 72.9 Å². The lowest BCUT2D eigenvalue weighted by atomic mass is 9.82. The first-order valence-corrected chi connectivity index (χ1v) is 14.4. The molecule has 188 valence electrons. The van der Waals surface area contributed by atoms with E-state index in [4.69, 9.17) is 9.47 Å². The van der Waals surface area contributed by atoms with E-state index in [1.54, 1.807) is 4.90 Å². The van der Waals surface area contributed by atoms with Crippen LogP contribution < -0.4 is 4.74 Å². The summed E-state index contributed by atoms with van der Waals surface area (Å²) >= 11 is 0. The van der Waals surface area contributed by atoms with Crippen LogP contribution in [-0.4, -0.2) is 44.4 Å². The fourth-order valence-corrected chi connectivity index (χ4v) is 5.85. The number of ether oxygens (including phenoxy) is 2. The highest BCUT2D eigenvalue weighted by molar-refractivity contribution is 7.89. The molecule has 0 unspecified atom stereocenters. The number of hydrogen-bond donors (Lipinski definition) is 0. The third-order valence-electron chi connectivity index (χ3n) is 7.09. The summed E-state index contributed by atoms with van der Waals surface area (Å²) in [7, 11) is -3.05. The van der Waals surface area contributed by atoms with Gasteiger partial charge in [0.15, 0.2) is 9.84 Å². The van der Waals surface area contributed by atoms with E-state index >= 15 is 0 Å². The molecule has 1 fully saturated rings. The Morgan fingerprint density at radius 1 is 0.917 bits per heavy atom. The lowest BCUT2D eigenvalue weighted by Crippen LogP contribution is -2.51. The minimum absolute atomic E-state index is 0.0512. The number of fused-ring (bicyclic) bond motifs is 1. The van der Waals surface area contributed by atoms with Crippen molar-refractivity contribution in [3.8, 4) is 16.9 Å². The Balaban J connectivity index is 1.19. The van der Waals surface area contributed by atoms with Crippen molar-refractivity contribution in [2.75, 3.05) is 19.3 Å². The average molecular weight is 506 g/mol. The van der Waals surface area contributed by atoms with Gasteiger partial charge < -0.3 is 14.4 Å². The Kier molecular flexibility index (Phi) is 6.75. The first-order chi connectivity index (χ1) is 17.3. The van der Waals surface area contributed by atoms with Gasteiger partial charge in [-0.05, 0) is 52.8 Å². The number of amides is 1. The first kappa shape index (κ1) is 24.4. The summed E-state index contributed by atoms with van der Waals surface area (Å²) in [5.74, 6) is 0.967. The number of carbonyl (C=O) groups is 1. The van der Waals surface area contributed by atoms with E-state index in [9.17, 15) is 13.2 Å². The zero-order valence-electron chi connectivity index (χ0n) is 20.5. The molecule has 6 nitrogen and oxygen atoms in total. The molecule has 1 saturated heterocycles. The van der Waals surface area contributed by atoms with Crippen molar-refractivity contribution in [1.82, 2.24) is 4.90 Å². The molecule has 1 spiro atoms. The fraction of sp³-hybridized carbons (Fsp3) is 0.345. The maximum atomic E-state index is 12.5. The molecular formula is C29H31NO5S. The highest BCUT2D eigenvalue weighted by Crippen LogP contribution is 2.41. The fourth-order valence-electron chi connectivity index (χ4n) is 5.06. The van der Waals surface area contributed by atoms with E-state index in [1.165, 1.54) is 11.8 Å². The summed E-state index contributed by atoms with van der Waals surface area (Å²) in [6.45, 7) is 1.54. The van der Waals surface area contributed by atoms with Crippen LogP contribution in [0.1, 0.15) is 36.0 Å². The Morgan fingerprint density at radius 3 is 2.31 bits per heavy atom. The van der Waals surface area contributed by atoms with Crippen molar-refractivity contribution in [2.45, 2.75) is 43.6 Å². The van der Waals surface area contributed by atoms with Crippen LogP contribution in [0.25, 0.3) is 11.1 Å². The molecule has 2 aliphatic heterocycles. The number of rotatable bonds is 5. The predicted molar refractivity (Wildman–Crippen MR) is 140 cm³/mol. The van der Waals surface area contributed by atoms with E-state index in [0.717, 1.165) is 53.7 Å². The molecule has 0 N–H and O–H groups in total. The second kappa shape index (κ2) is 9.97. The van der Waals surface area contributed by atoms with Gasteiger partial charge in [0.2, 0.25) is 0 Å². The van der Waals surface area contributed by atoms with Crippen LogP contribution in [0, 0.1) is 0 Å². The standard InChI is InChI=1S/C29H31NO5S/c1-36(32,33)21-23-7-9-24(10-8-23)25-11-12-27-26(19-25)13-14-29(35-27)15-17-30(18-16-29)28(31)34-20-22-5-3-2-4-6-22/h2-12,19H,13-18,20-21H2,1H3. The number of hydrogen-bond acceptors (Lipinski definition) is 5. The minimum Gasteiger partial charge on any atom is -0.487 e. The van der Waals surface area contributed by atoms with Crippen LogP contribution in [-0.2, 0) is 33.4 Å². The number of benzene rings is 3. The summed E-state index contributed by atoms with van der Waals surface area (Å²) in [4.78, 5) is 14.3. The number of sulfone groups is 1. The van der Waals surface area contributed by atoms with Crippen LogP contribution in [0.4, 0.5) is 4.79 Å². The van der Waals surface area contributed by atoms with E-state index in [-0.39, 0.29) is 24.1 Å². The lowest BCUT2D eigenvalue weighted by molar-refractivity contribution is -0.0150. The number of piperidine rings is 1. The highest BCUT2D eigenvalue weighted by atomic mass is 32.2. The lowest BCUT2D eigenvalue weighted by Gasteiger charge is -2.44. The van der Waals surface area contributed by atoms with E-state index in [2.05, 4.69) is 12.1 Å². The van der Waals surface area contributed by atoms with Crippen molar-refractivity contribution >= 4 is 15.9 Å². The molecule has 2 heterocycles. The van der Waals surface area contributed by atoms with E-state index < -0.39 is 9.84 Å². The second-order valence-electron chi connectivity index (χ2n) is 9.90. The molecule has 36 heavy (non-hydrogen) atoms. The van der Waals surface area contributed by atoms with Gasteiger partial charge in [-0.15, -0.1) is 0 Å². The number of carbonyl (C=O) groups excluding carboxylic acids is 1. The van der Waals surface area contributed by atoms with Crippen LogP contribution >= 0.6 is 0 Å². The molecular weight excluding hydrogens is 474 g/mol. The molecule has 3 aromatic carbocycles.